The Kier molecular flexibility index (Phi) is 8.97. The normalized spacial score (nSPS) is 16.1. The number of nitrogens with zero attached hydrogens (tertiary/aromatic N) is 4. The lowest BCUT2D eigenvalue weighted by Gasteiger charge is -2.35. The van der Waals surface area contributed by atoms with Gasteiger partial charge in [0.25, 0.3) is 0 Å². The molecule has 1 aliphatic rings. The molecule has 7 nitrogen and oxygen atoms in total. The van der Waals surface area contributed by atoms with Crippen LogP contribution in [-0.2, 0) is 6.54 Å². The average Bonchev–Trinajstić information content (AvgIpc) is 3.15. The number of aromatic nitrogens is 2. The van der Waals surface area contributed by atoms with Crippen LogP contribution >= 0.6 is 35.6 Å². The van der Waals surface area contributed by atoms with Crippen LogP contribution in [0.4, 0.5) is 0 Å². The van der Waals surface area contributed by atoms with Gasteiger partial charge in [-0.2, -0.15) is 4.98 Å². The lowest BCUT2D eigenvalue weighted by atomic mass is 10.0. The first-order chi connectivity index (χ1) is 13.0. The van der Waals surface area contributed by atoms with Gasteiger partial charge in [0.15, 0.2) is 5.96 Å². The lowest BCUT2D eigenvalue weighted by Crippen LogP contribution is -2.49. The van der Waals surface area contributed by atoms with Gasteiger partial charge in [-0.15, -0.1) is 24.0 Å². The van der Waals surface area contributed by atoms with Gasteiger partial charge in [0.05, 0.1) is 6.54 Å². The van der Waals surface area contributed by atoms with Crippen molar-refractivity contribution in [2.75, 3.05) is 20.1 Å². The van der Waals surface area contributed by atoms with Crippen molar-refractivity contribution in [3.05, 3.63) is 35.2 Å². The van der Waals surface area contributed by atoms with E-state index in [0.29, 0.717) is 35.4 Å². The summed E-state index contributed by atoms with van der Waals surface area (Å²) in [4.78, 5) is 11.2. The highest BCUT2D eigenvalue weighted by Crippen LogP contribution is 2.18. The number of aliphatic imine (C=N–C) groups is 1. The molecule has 0 bridgehead atoms. The topological polar surface area (TPSA) is 78.6 Å². The molecule has 0 amide bonds. The quantitative estimate of drug-likeness (QED) is 0.358. The Morgan fingerprint density at radius 1 is 1.29 bits per heavy atom. The van der Waals surface area contributed by atoms with Crippen LogP contribution in [0, 0.1) is 0 Å². The number of halogens is 2. The zero-order valence-corrected chi connectivity index (χ0v) is 19.6. The van der Waals surface area contributed by atoms with E-state index in [1.807, 2.05) is 24.3 Å². The maximum Gasteiger partial charge on any atom is 0.246 e. The SMILES string of the molecule is CN=C(NCc1nc(-c2ccc(Cl)cc2)no1)NC1CCN(C(C)C)CC1.I. The third kappa shape index (κ3) is 6.31. The van der Waals surface area contributed by atoms with Gasteiger partial charge >= 0.3 is 0 Å². The van der Waals surface area contributed by atoms with E-state index in [1.165, 1.54) is 0 Å². The van der Waals surface area contributed by atoms with Gasteiger partial charge in [0.1, 0.15) is 0 Å². The standard InChI is InChI=1S/C19H27ClN6O.HI/c1-13(2)26-10-8-16(9-11-26)23-19(21-3)22-12-17-24-18(25-27-17)14-4-6-15(20)7-5-14;/h4-7,13,16H,8-12H2,1-3H3,(H2,21,22,23);1H. The van der Waals surface area contributed by atoms with Crippen molar-refractivity contribution in [3.63, 3.8) is 0 Å². The van der Waals surface area contributed by atoms with Crippen LogP contribution in [0.3, 0.4) is 0 Å². The third-order valence-electron chi connectivity index (χ3n) is 4.80. The van der Waals surface area contributed by atoms with Gasteiger partial charge in [-0.3, -0.25) is 4.99 Å². The molecule has 1 aliphatic heterocycles. The summed E-state index contributed by atoms with van der Waals surface area (Å²) in [5.74, 6) is 1.81. The van der Waals surface area contributed by atoms with Crippen molar-refractivity contribution in [1.29, 1.82) is 0 Å². The van der Waals surface area contributed by atoms with Crippen molar-refractivity contribution in [3.8, 4) is 11.4 Å². The van der Waals surface area contributed by atoms with Gasteiger partial charge in [0.2, 0.25) is 11.7 Å². The maximum atomic E-state index is 5.91. The van der Waals surface area contributed by atoms with Crippen molar-refractivity contribution >= 4 is 41.5 Å². The van der Waals surface area contributed by atoms with E-state index < -0.39 is 0 Å². The van der Waals surface area contributed by atoms with E-state index in [1.54, 1.807) is 7.05 Å². The molecule has 0 unspecified atom stereocenters. The first kappa shape index (κ1) is 22.9. The fourth-order valence-electron chi connectivity index (χ4n) is 3.15. The van der Waals surface area contributed by atoms with Crippen LogP contribution in [0.25, 0.3) is 11.4 Å². The number of likely N-dealkylation sites (tertiary alicyclic amines) is 1. The molecular weight excluding hydrogens is 491 g/mol. The maximum absolute atomic E-state index is 5.91. The van der Waals surface area contributed by atoms with Crippen LogP contribution in [0.2, 0.25) is 5.02 Å². The third-order valence-corrected chi connectivity index (χ3v) is 5.05. The summed E-state index contributed by atoms with van der Waals surface area (Å²) in [6, 6.07) is 8.39. The minimum Gasteiger partial charge on any atom is -0.354 e. The molecule has 3 rings (SSSR count). The molecule has 28 heavy (non-hydrogen) atoms. The molecular formula is C19H28ClIN6O. The molecule has 2 heterocycles. The van der Waals surface area contributed by atoms with Crippen molar-refractivity contribution in [1.82, 2.24) is 25.7 Å². The number of nitrogens with one attached hydrogen (secondary N) is 2. The van der Waals surface area contributed by atoms with Gasteiger partial charge in [-0.25, -0.2) is 0 Å². The number of hydrogen-bond donors (Lipinski definition) is 2. The fraction of sp³-hybridized carbons (Fsp3) is 0.526. The zero-order chi connectivity index (χ0) is 19.2. The van der Waals surface area contributed by atoms with Crippen molar-refractivity contribution in [2.24, 2.45) is 4.99 Å². The van der Waals surface area contributed by atoms with Gasteiger partial charge in [-0.05, 0) is 51.0 Å². The van der Waals surface area contributed by atoms with Gasteiger partial charge < -0.3 is 20.1 Å². The van der Waals surface area contributed by atoms with Crippen LogP contribution in [0.15, 0.2) is 33.8 Å². The Hall–Kier alpha value is -1.39. The van der Waals surface area contributed by atoms with E-state index in [-0.39, 0.29) is 24.0 Å². The molecule has 2 aromatic rings. The molecule has 154 valence electrons. The summed E-state index contributed by atoms with van der Waals surface area (Å²) in [5.41, 5.74) is 0.869. The van der Waals surface area contributed by atoms with Gasteiger partial charge in [-0.1, -0.05) is 16.8 Å². The summed E-state index contributed by atoms with van der Waals surface area (Å²) in [7, 11) is 1.77. The van der Waals surface area contributed by atoms with Crippen molar-refractivity contribution < 1.29 is 4.52 Å². The molecule has 0 atom stereocenters. The minimum absolute atomic E-state index is 0. The highest BCUT2D eigenvalue weighted by atomic mass is 127. The Bertz CT molecular complexity index is 756. The predicted octanol–water partition coefficient (Wildman–Crippen LogP) is 3.55. The Labute approximate surface area is 188 Å². The summed E-state index contributed by atoms with van der Waals surface area (Å²) in [6.45, 7) is 7.14. The highest BCUT2D eigenvalue weighted by molar-refractivity contribution is 14.0. The number of piperidine rings is 1. The second kappa shape index (κ2) is 11.0. The van der Waals surface area contributed by atoms with Crippen LogP contribution in [0.5, 0.6) is 0 Å². The molecule has 0 spiro atoms. The smallest absolute Gasteiger partial charge is 0.246 e. The Morgan fingerprint density at radius 3 is 2.57 bits per heavy atom. The lowest BCUT2D eigenvalue weighted by molar-refractivity contribution is 0.167. The molecule has 9 heteroatoms. The first-order valence-electron chi connectivity index (χ1n) is 9.35. The number of rotatable bonds is 5. The largest absolute Gasteiger partial charge is 0.354 e. The molecule has 1 aromatic heterocycles. The van der Waals surface area contributed by atoms with Crippen LogP contribution in [0.1, 0.15) is 32.6 Å². The average molecular weight is 519 g/mol. The number of hydrogen-bond acceptors (Lipinski definition) is 5. The van der Waals surface area contributed by atoms with Crippen molar-refractivity contribution in [2.45, 2.75) is 45.3 Å². The van der Waals surface area contributed by atoms with E-state index in [2.05, 4.69) is 44.5 Å². The second-order valence-electron chi connectivity index (χ2n) is 6.99. The Morgan fingerprint density at radius 2 is 1.96 bits per heavy atom. The van der Waals surface area contributed by atoms with E-state index >= 15 is 0 Å². The molecule has 1 saturated heterocycles. The monoisotopic (exact) mass is 518 g/mol. The minimum atomic E-state index is 0. The second-order valence-corrected chi connectivity index (χ2v) is 7.43. The highest BCUT2D eigenvalue weighted by Gasteiger charge is 2.21. The van der Waals surface area contributed by atoms with Gasteiger partial charge in [0, 0.05) is 42.8 Å². The predicted molar refractivity (Wildman–Crippen MR) is 123 cm³/mol. The number of guanidine groups is 1. The molecule has 0 saturated carbocycles. The fourth-order valence-corrected chi connectivity index (χ4v) is 3.28. The first-order valence-corrected chi connectivity index (χ1v) is 9.72. The van der Waals surface area contributed by atoms with E-state index in [0.717, 1.165) is 37.5 Å². The van der Waals surface area contributed by atoms with Crippen LogP contribution < -0.4 is 10.6 Å². The van der Waals surface area contributed by atoms with Crippen LogP contribution in [-0.4, -0.2) is 53.2 Å². The molecule has 1 aromatic carbocycles. The number of benzene rings is 1. The Balaban J connectivity index is 0.00000280. The molecule has 0 aliphatic carbocycles. The van der Waals surface area contributed by atoms with E-state index in [4.69, 9.17) is 16.1 Å². The summed E-state index contributed by atoms with van der Waals surface area (Å²) in [6.07, 6.45) is 2.22. The van der Waals surface area contributed by atoms with E-state index in [9.17, 15) is 0 Å². The molecule has 0 radical (unpaired) electrons. The molecule has 2 N–H and O–H groups in total. The molecule has 1 fully saturated rings. The summed E-state index contributed by atoms with van der Waals surface area (Å²) >= 11 is 5.91. The zero-order valence-electron chi connectivity index (χ0n) is 16.5. The summed E-state index contributed by atoms with van der Waals surface area (Å²) < 4.78 is 5.33. The summed E-state index contributed by atoms with van der Waals surface area (Å²) in [5, 5.41) is 11.4.